The Morgan fingerprint density at radius 1 is 0.850 bits per heavy atom. The third-order valence-electron chi connectivity index (χ3n) is 5.85. The summed E-state index contributed by atoms with van der Waals surface area (Å²) < 4.78 is 0. The summed E-state index contributed by atoms with van der Waals surface area (Å²) in [7, 11) is 0. The Balaban J connectivity index is 2.89. The van der Waals surface area contributed by atoms with E-state index < -0.39 is 29.3 Å². The molecule has 0 unspecified atom stereocenters. The summed E-state index contributed by atoms with van der Waals surface area (Å²) in [5.74, 6) is -1.28. The molecule has 14 N–H and O–H groups in total. The van der Waals surface area contributed by atoms with E-state index in [0.29, 0.717) is 31.4 Å². The zero-order valence-corrected chi connectivity index (χ0v) is 23.6. The molecule has 0 saturated heterocycles. The van der Waals surface area contributed by atoms with Crippen LogP contribution < -0.4 is 44.6 Å². The average Bonchev–Trinajstić information content (AvgIpc) is 2.86. The summed E-state index contributed by atoms with van der Waals surface area (Å²) in [5, 5.41) is 15.9. The van der Waals surface area contributed by atoms with Gasteiger partial charge in [-0.05, 0) is 36.7 Å². The molecular formula is C26H45N11O3. The van der Waals surface area contributed by atoms with Gasteiger partial charge in [0.1, 0.15) is 17.9 Å². The molecule has 0 bridgehead atoms. The first kappa shape index (κ1) is 33.7. The number of hydrogen-bond acceptors (Lipinski definition) is 6. The van der Waals surface area contributed by atoms with Crippen LogP contribution in [0.3, 0.4) is 0 Å². The zero-order chi connectivity index (χ0) is 30.3. The predicted octanol–water partition coefficient (Wildman–Crippen LogP) is -0.900. The molecule has 1 rings (SSSR count). The minimum atomic E-state index is -0.889. The predicted molar refractivity (Wildman–Crippen MR) is 157 cm³/mol. The molecule has 2 atom stereocenters. The number of nitrogen functional groups attached to an aromatic ring is 1. The Morgan fingerprint density at radius 2 is 1.43 bits per heavy atom. The molecule has 14 nitrogen and oxygen atoms in total. The highest BCUT2D eigenvalue weighted by molar-refractivity contribution is 5.95. The van der Waals surface area contributed by atoms with E-state index in [1.807, 2.05) is 20.8 Å². The monoisotopic (exact) mass is 559 g/mol. The molecule has 1 aromatic carbocycles. The first-order chi connectivity index (χ1) is 18.7. The van der Waals surface area contributed by atoms with Crippen LogP contribution in [-0.4, -0.2) is 60.6 Å². The van der Waals surface area contributed by atoms with Crippen molar-refractivity contribution in [2.24, 2.45) is 44.1 Å². The molecule has 0 radical (unpaired) electrons. The summed E-state index contributed by atoms with van der Waals surface area (Å²) in [4.78, 5) is 46.9. The van der Waals surface area contributed by atoms with E-state index in [2.05, 4.69) is 25.9 Å². The molecular weight excluding hydrogens is 514 g/mol. The second-order valence-corrected chi connectivity index (χ2v) is 10.5. The Labute approximate surface area is 235 Å². The minimum Gasteiger partial charge on any atom is -0.384 e. The van der Waals surface area contributed by atoms with E-state index in [0.717, 1.165) is 5.56 Å². The molecule has 222 valence electrons. The number of carbonyl (C=O) groups excluding carboxylic acids is 3. The van der Waals surface area contributed by atoms with E-state index in [-0.39, 0.29) is 49.6 Å². The smallest absolute Gasteiger partial charge is 0.243 e. The van der Waals surface area contributed by atoms with Gasteiger partial charge in [-0.2, -0.15) is 0 Å². The molecule has 14 heteroatoms. The van der Waals surface area contributed by atoms with Crippen molar-refractivity contribution in [3.05, 3.63) is 35.4 Å². The van der Waals surface area contributed by atoms with Crippen LogP contribution in [0.2, 0.25) is 0 Å². The standard InChI is InChI=1S/C26H45N11O3/c1-26(2,3)20(37-19(38)8-4-5-13-33-24(29)30)23(40)36-18(7-6-14-34-25(31)32)22(39)35-15-16-9-11-17(12-10-16)21(27)28/h9-12,18,20H,4-8,13-15H2,1-3H3,(H3,27,28)(H,35,39)(H,36,40)(H,37,38)(H4,29,30,33)(H4,31,32,34)/t18-,20+/m0/s1. The molecule has 0 aliphatic heterocycles. The van der Waals surface area contributed by atoms with Crippen molar-refractivity contribution < 1.29 is 14.4 Å². The molecule has 0 spiro atoms. The second kappa shape index (κ2) is 16.6. The second-order valence-electron chi connectivity index (χ2n) is 10.5. The normalized spacial score (nSPS) is 12.4. The van der Waals surface area contributed by atoms with Gasteiger partial charge in [0.2, 0.25) is 17.7 Å². The number of unbranched alkanes of at least 4 members (excludes halogenated alkanes) is 1. The number of nitrogens with one attached hydrogen (secondary N) is 4. The third-order valence-corrected chi connectivity index (χ3v) is 5.85. The van der Waals surface area contributed by atoms with Crippen molar-refractivity contribution in [2.45, 2.75) is 71.5 Å². The van der Waals surface area contributed by atoms with Crippen LogP contribution in [0.5, 0.6) is 0 Å². The molecule has 0 aromatic heterocycles. The van der Waals surface area contributed by atoms with Gasteiger partial charge in [0, 0.05) is 31.6 Å². The number of rotatable bonds is 16. The van der Waals surface area contributed by atoms with E-state index in [1.54, 1.807) is 24.3 Å². The van der Waals surface area contributed by atoms with Gasteiger partial charge in [-0.3, -0.25) is 29.8 Å². The van der Waals surface area contributed by atoms with Gasteiger partial charge < -0.3 is 44.6 Å². The number of amides is 3. The van der Waals surface area contributed by atoms with Crippen LogP contribution in [0.4, 0.5) is 0 Å². The number of benzene rings is 1. The van der Waals surface area contributed by atoms with Gasteiger partial charge in [0.15, 0.2) is 11.9 Å². The Kier molecular flexibility index (Phi) is 13.9. The maximum Gasteiger partial charge on any atom is 0.243 e. The lowest BCUT2D eigenvalue weighted by Gasteiger charge is -2.32. The van der Waals surface area contributed by atoms with Crippen LogP contribution in [0.25, 0.3) is 0 Å². The summed E-state index contributed by atoms with van der Waals surface area (Å²) in [6.45, 7) is 6.39. The number of hydrogen-bond donors (Lipinski definition) is 9. The molecule has 1 aromatic rings. The lowest BCUT2D eigenvalue weighted by molar-refractivity contribution is -0.134. The lowest BCUT2D eigenvalue weighted by atomic mass is 9.85. The fourth-order valence-corrected chi connectivity index (χ4v) is 3.66. The summed E-state index contributed by atoms with van der Waals surface area (Å²) >= 11 is 0. The van der Waals surface area contributed by atoms with Crippen LogP contribution in [0.1, 0.15) is 64.0 Å². The lowest BCUT2D eigenvalue weighted by Crippen LogP contribution is -2.57. The number of amidine groups is 1. The molecule has 0 saturated carbocycles. The van der Waals surface area contributed by atoms with E-state index in [9.17, 15) is 14.4 Å². The maximum atomic E-state index is 13.4. The minimum absolute atomic E-state index is 0.00306. The third kappa shape index (κ3) is 13.4. The van der Waals surface area contributed by atoms with Crippen LogP contribution in [0, 0.1) is 10.8 Å². The fourth-order valence-electron chi connectivity index (χ4n) is 3.66. The van der Waals surface area contributed by atoms with Gasteiger partial charge in [0.25, 0.3) is 0 Å². The largest absolute Gasteiger partial charge is 0.384 e. The highest BCUT2D eigenvalue weighted by atomic mass is 16.2. The number of carbonyl (C=O) groups is 3. The van der Waals surface area contributed by atoms with E-state index in [1.165, 1.54) is 0 Å². The van der Waals surface area contributed by atoms with Crippen molar-refractivity contribution in [1.29, 1.82) is 5.41 Å². The number of aliphatic imine (C=N–C) groups is 2. The van der Waals surface area contributed by atoms with Gasteiger partial charge in [-0.15, -0.1) is 0 Å². The van der Waals surface area contributed by atoms with Crippen molar-refractivity contribution in [2.75, 3.05) is 13.1 Å². The van der Waals surface area contributed by atoms with E-state index in [4.69, 9.17) is 34.1 Å². The molecule has 0 aliphatic rings. The Morgan fingerprint density at radius 3 is 1.95 bits per heavy atom. The van der Waals surface area contributed by atoms with Crippen LogP contribution >= 0.6 is 0 Å². The first-order valence-corrected chi connectivity index (χ1v) is 13.1. The molecule has 3 amide bonds. The highest BCUT2D eigenvalue weighted by Crippen LogP contribution is 2.20. The number of nitrogens with two attached hydrogens (primary N) is 5. The van der Waals surface area contributed by atoms with Crippen molar-refractivity contribution in [1.82, 2.24) is 16.0 Å². The van der Waals surface area contributed by atoms with E-state index >= 15 is 0 Å². The summed E-state index contributed by atoms with van der Waals surface area (Å²) in [6, 6.07) is 5.12. The Bertz CT molecular complexity index is 1050. The molecule has 0 heterocycles. The van der Waals surface area contributed by atoms with Crippen LogP contribution in [0.15, 0.2) is 34.3 Å². The van der Waals surface area contributed by atoms with Gasteiger partial charge in [-0.25, -0.2) is 0 Å². The highest BCUT2D eigenvalue weighted by Gasteiger charge is 2.34. The van der Waals surface area contributed by atoms with Gasteiger partial charge >= 0.3 is 0 Å². The topological polar surface area (TPSA) is 266 Å². The number of guanidine groups is 2. The van der Waals surface area contributed by atoms with Gasteiger partial charge in [0.05, 0.1) is 0 Å². The summed E-state index contributed by atoms with van der Waals surface area (Å²) in [6.07, 6.45) is 2.07. The molecule has 0 fully saturated rings. The summed E-state index contributed by atoms with van der Waals surface area (Å²) in [5.41, 5.74) is 27.6. The molecule has 0 aliphatic carbocycles. The van der Waals surface area contributed by atoms with Crippen molar-refractivity contribution >= 4 is 35.5 Å². The van der Waals surface area contributed by atoms with Gasteiger partial charge in [-0.1, -0.05) is 45.0 Å². The van der Waals surface area contributed by atoms with Crippen LogP contribution in [-0.2, 0) is 20.9 Å². The zero-order valence-electron chi connectivity index (χ0n) is 23.6. The first-order valence-electron chi connectivity index (χ1n) is 13.1. The fraction of sp³-hybridized carbons (Fsp3) is 0.538. The number of nitrogens with zero attached hydrogens (tertiary/aromatic N) is 2. The SMILES string of the molecule is CC(C)(C)[C@H](NC(=O)CCCCN=C(N)N)C(=O)N[C@@H](CCCN=C(N)N)C(=O)NCc1ccc(C(=N)N)cc1. The Hall–Kier alpha value is -4.36. The van der Waals surface area contributed by atoms with Crippen molar-refractivity contribution in [3.8, 4) is 0 Å². The average molecular weight is 560 g/mol. The molecule has 40 heavy (non-hydrogen) atoms. The maximum absolute atomic E-state index is 13.4. The quantitative estimate of drug-likeness (QED) is 0.0694. The van der Waals surface area contributed by atoms with Crippen molar-refractivity contribution in [3.63, 3.8) is 0 Å².